The minimum absolute atomic E-state index is 0.00155. The van der Waals surface area contributed by atoms with Crippen molar-refractivity contribution in [2.75, 3.05) is 25.7 Å². The number of carbonyl (C=O) groups excluding carboxylic acids is 1. The van der Waals surface area contributed by atoms with E-state index < -0.39 is 0 Å². The van der Waals surface area contributed by atoms with E-state index in [1.165, 1.54) is 0 Å². The zero-order valence-electron chi connectivity index (χ0n) is 11.0. The third-order valence-corrected chi connectivity index (χ3v) is 2.72. The number of pyridine rings is 1. The Labute approximate surface area is 107 Å². The summed E-state index contributed by atoms with van der Waals surface area (Å²) >= 11 is 0. The van der Waals surface area contributed by atoms with E-state index >= 15 is 0 Å². The molecule has 100 valence electrons. The monoisotopic (exact) mass is 252 g/mol. The summed E-state index contributed by atoms with van der Waals surface area (Å²) < 4.78 is 5.08. The zero-order valence-corrected chi connectivity index (χ0v) is 11.0. The van der Waals surface area contributed by atoms with Crippen LogP contribution >= 0.6 is 0 Å². The van der Waals surface area contributed by atoms with E-state index in [2.05, 4.69) is 10.4 Å². The van der Waals surface area contributed by atoms with Crippen LogP contribution in [0.25, 0.3) is 0 Å². The van der Waals surface area contributed by atoms with Crippen LogP contribution < -0.4 is 11.3 Å². The number of nitrogen functional groups attached to an aromatic ring is 1. The maximum atomic E-state index is 12.4. The Kier molecular flexibility index (Phi) is 5.54. The number of aromatic nitrogens is 1. The van der Waals surface area contributed by atoms with E-state index in [0.29, 0.717) is 24.5 Å². The quantitative estimate of drug-likeness (QED) is 0.580. The fourth-order valence-electron chi connectivity index (χ4n) is 1.83. The highest BCUT2D eigenvalue weighted by molar-refractivity contribution is 5.98. The van der Waals surface area contributed by atoms with E-state index in [1.54, 1.807) is 30.3 Å². The summed E-state index contributed by atoms with van der Waals surface area (Å²) in [5, 5.41) is 0. The number of nitrogens with zero attached hydrogens (tertiary/aromatic N) is 2. The SMILES string of the molecule is CCN(C(=O)c1cccnc1NN)C(C)COC. The second-order valence-electron chi connectivity index (χ2n) is 3.94. The number of amides is 1. The average molecular weight is 252 g/mol. The lowest BCUT2D eigenvalue weighted by Gasteiger charge is -2.28. The highest BCUT2D eigenvalue weighted by atomic mass is 16.5. The molecule has 0 spiro atoms. The third kappa shape index (κ3) is 3.18. The minimum atomic E-state index is -0.108. The van der Waals surface area contributed by atoms with Crippen LogP contribution in [-0.4, -0.2) is 42.1 Å². The molecule has 0 bridgehead atoms. The molecule has 1 atom stereocenters. The molecule has 1 aromatic rings. The van der Waals surface area contributed by atoms with Gasteiger partial charge in [0.25, 0.3) is 5.91 Å². The number of anilines is 1. The van der Waals surface area contributed by atoms with Gasteiger partial charge in [-0.3, -0.25) is 4.79 Å². The molecule has 1 aromatic heterocycles. The van der Waals surface area contributed by atoms with E-state index in [0.717, 1.165) is 0 Å². The molecule has 1 heterocycles. The molecule has 0 aliphatic rings. The van der Waals surface area contributed by atoms with Gasteiger partial charge in [-0.05, 0) is 26.0 Å². The Balaban J connectivity index is 2.96. The smallest absolute Gasteiger partial charge is 0.257 e. The predicted molar refractivity (Wildman–Crippen MR) is 70.1 cm³/mol. The minimum Gasteiger partial charge on any atom is -0.383 e. The van der Waals surface area contributed by atoms with Gasteiger partial charge in [0.1, 0.15) is 0 Å². The number of hydrazine groups is 1. The fourth-order valence-corrected chi connectivity index (χ4v) is 1.83. The van der Waals surface area contributed by atoms with E-state index in [-0.39, 0.29) is 11.9 Å². The van der Waals surface area contributed by atoms with Gasteiger partial charge in [-0.2, -0.15) is 0 Å². The van der Waals surface area contributed by atoms with Crippen LogP contribution in [0.2, 0.25) is 0 Å². The number of rotatable bonds is 6. The molecule has 3 N–H and O–H groups in total. The molecule has 0 aromatic carbocycles. The molecule has 0 saturated carbocycles. The van der Waals surface area contributed by atoms with E-state index in [1.807, 2.05) is 13.8 Å². The second-order valence-corrected chi connectivity index (χ2v) is 3.94. The molecule has 0 aliphatic heterocycles. The Morgan fingerprint density at radius 3 is 2.94 bits per heavy atom. The first-order valence-corrected chi connectivity index (χ1v) is 5.87. The maximum Gasteiger partial charge on any atom is 0.257 e. The Morgan fingerprint density at radius 1 is 1.67 bits per heavy atom. The average Bonchev–Trinajstić information content (AvgIpc) is 2.39. The van der Waals surface area contributed by atoms with Crippen molar-refractivity contribution in [2.24, 2.45) is 5.84 Å². The van der Waals surface area contributed by atoms with Crippen molar-refractivity contribution in [1.82, 2.24) is 9.88 Å². The summed E-state index contributed by atoms with van der Waals surface area (Å²) in [7, 11) is 1.62. The van der Waals surface area contributed by atoms with E-state index in [4.69, 9.17) is 10.6 Å². The predicted octanol–water partition coefficient (Wildman–Crippen LogP) is 0.864. The number of likely N-dealkylation sites (N-methyl/N-ethyl adjacent to an activating group) is 1. The summed E-state index contributed by atoms with van der Waals surface area (Å²) in [6.45, 7) is 4.96. The third-order valence-electron chi connectivity index (χ3n) is 2.72. The lowest BCUT2D eigenvalue weighted by molar-refractivity contribution is 0.0580. The highest BCUT2D eigenvalue weighted by Crippen LogP contribution is 2.15. The summed E-state index contributed by atoms with van der Waals surface area (Å²) in [6.07, 6.45) is 1.58. The topological polar surface area (TPSA) is 80.5 Å². The van der Waals surface area contributed by atoms with Gasteiger partial charge in [-0.15, -0.1) is 0 Å². The first-order valence-electron chi connectivity index (χ1n) is 5.87. The zero-order chi connectivity index (χ0) is 13.5. The van der Waals surface area contributed by atoms with Gasteiger partial charge in [0.2, 0.25) is 0 Å². The van der Waals surface area contributed by atoms with Crippen LogP contribution in [0.3, 0.4) is 0 Å². The lowest BCUT2D eigenvalue weighted by Crippen LogP contribution is -2.41. The molecule has 18 heavy (non-hydrogen) atoms. The molecule has 6 nitrogen and oxygen atoms in total. The van der Waals surface area contributed by atoms with Crippen LogP contribution in [0.4, 0.5) is 5.82 Å². The van der Waals surface area contributed by atoms with Gasteiger partial charge >= 0.3 is 0 Å². The van der Waals surface area contributed by atoms with Crippen molar-refractivity contribution >= 4 is 11.7 Å². The lowest BCUT2D eigenvalue weighted by atomic mass is 10.2. The van der Waals surface area contributed by atoms with Crippen LogP contribution in [0.1, 0.15) is 24.2 Å². The van der Waals surface area contributed by atoms with Crippen molar-refractivity contribution in [3.8, 4) is 0 Å². The molecule has 1 unspecified atom stereocenters. The van der Waals surface area contributed by atoms with Crippen LogP contribution in [0.15, 0.2) is 18.3 Å². The summed E-state index contributed by atoms with van der Waals surface area (Å²) in [6, 6.07) is 3.41. The largest absolute Gasteiger partial charge is 0.383 e. The summed E-state index contributed by atoms with van der Waals surface area (Å²) in [4.78, 5) is 18.2. The number of ether oxygens (including phenoxy) is 1. The molecule has 1 rings (SSSR count). The molecule has 0 fully saturated rings. The van der Waals surface area contributed by atoms with Crippen LogP contribution in [0, 0.1) is 0 Å². The molecule has 1 amide bonds. The molecular weight excluding hydrogens is 232 g/mol. The number of hydrogen-bond acceptors (Lipinski definition) is 5. The molecule has 0 radical (unpaired) electrons. The van der Waals surface area contributed by atoms with Crippen molar-refractivity contribution < 1.29 is 9.53 Å². The van der Waals surface area contributed by atoms with Gasteiger partial charge in [-0.1, -0.05) is 0 Å². The Bertz CT molecular complexity index is 397. The molecular formula is C12H20N4O2. The summed E-state index contributed by atoms with van der Waals surface area (Å²) in [5.41, 5.74) is 2.90. The standard InChI is InChI=1S/C12H20N4O2/c1-4-16(9(2)8-18-3)12(17)10-6-5-7-14-11(10)15-13/h5-7,9H,4,8,13H2,1-3H3,(H,14,15). The normalized spacial score (nSPS) is 12.0. The number of methoxy groups -OCH3 is 1. The maximum absolute atomic E-state index is 12.4. The van der Waals surface area contributed by atoms with Gasteiger partial charge in [0.05, 0.1) is 18.2 Å². The van der Waals surface area contributed by atoms with Gasteiger partial charge in [0, 0.05) is 19.9 Å². The second kappa shape index (κ2) is 6.93. The van der Waals surface area contributed by atoms with Crippen molar-refractivity contribution in [3.05, 3.63) is 23.9 Å². The fraction of sp³-hybridized carbons (Fsp3) is 0.500. The van der Waals surface area contributed by atoms with E-state index in [9.17, 15) is 4.79 Å². The van der Waals surface area contributed by atoms with Gasteiger partial charge in [0.15, 0.2) is 5.82 Å². The summed E-state index contributed by atoms with van der Waals surface area (Å²) in [5.74, 6) is 5.63. The van der Waals surface area contributed by atoms with Gasteiger partial charge < -0.3 is 15.1 Å². The first kappa shape index (κ1) is 14.4. The Hall–Kier alpha value is -1.66. The number of nitrogens with two attached hydrogens (primary N) is 1. The number of nitrogens with one attached hydrogen (secondary N) is 1. The van der Waals surface area contributed by atoms with Crippen molar-refractivity contribution in [3.63, 3.8) is 0 Å². The Morgan fingerprint density at radius 2 is 2.39 bits per heavy atom. The van der Waals surface area contributed by atoms with Crippen molar-refractivity contribution in [1.29, 1.82) is 0 Å². The highest BCUT2D eigenvalue weighted by Gasteiger charge is 2.22. The molecule has 0 saturated heterocycles. The molecule has 0 aliphatic carbocycles. The van der Waals surface area contributed by atoms with Gasteiger partial charge in [-0.25, -0.2) is 10.8 Å². The number of hydrogen-bond donors (Lipinski definition) is 2. The first-order chi connectivity index (χ1) is 8.65. The molecule has 6 heteroatoms. The van der Waals surface area contributed by atoms with Crippen LogP contribution in [-0.2, 0) is 4.74 Å². The van der Waals surface area contributed by atoms with Crippen molar-refractivity contribution in [2.45, 2.75) is 19.9 Å². The number of carbonyl (C=O) groups is 1. The van der Waals surface area contributed by atoms with Crippen LogP contribution in [0.5, 0.6) is 0 Å².